The molecular weight excluding hydrogens is 999 g/mol. The van der Waals surface area contributed by atoms with Gasteiger partial charge < -0.3 is 49.0 Å². The first-order valence-corrected chi connectivity index (χ1v) is 24.7. The Morgan fingerprint density at radius 2 is 1.01 bits per heavy atom. The summed E-state index contributed by atoms with van der Waals surface area (Å²) in [5, 5.41) is 16.9. The standard InChI is InChI=1S/C25H30F3N5O2.C15H25N3O.C10H6BrF3N2O/c1-2-32-11-13-33(14-12-32)10-3-15-34-21-8-6-20(7-9-21)29-17-19-5-4-18(16-22(19)26)24-30-31-25(35-24)23(27)28;1-2-17-9-11-18(12-10-17)8-3-13-19-15-6-4-14(16)5-7-15;11-4-6-2-1-5(3-7(6)12)9-15-16-10(17-9)8(13)14/h4-9,16,23,29H,2-3,10-15,17H2,1H3;4-7H,2-3,8-13,16H2,1H3;1-3,8H,4H2. The van der Waals surface area contributed by atoms with E-state index in [0.29, 0.717) is 23.1 Å². The van der Waals surface area contributed by atoms with Crippen molar-refractivity contribution in [1.82, 2.24) is 40.0 Å². The summed E-state index contributed by atoms with van der Waals surface area (Å²) in [7, 11) is 0. The topological polar surface area (TPSA) is 147 Å². The van der Waals surface area contributed by atoms with Gasteiger partial charge in [-0.1, -0.05) is 41.9 Å². The average Bonchev–Trinajstić information content (AvgIpc) is 4.11. The molecule has 2 fully saturated rings. The van der Waals surface area contributed by atoms with Crippen LogP contribution in [-0.4, -0.2) is 132 Å². The molecule has 0 amide bonds. The number of anilines is 2. The zero-order chi connectivity index (χ0) is 50.5. The molecule has 21 heteroatoms. The van der Waals surface area contributed by atoms with Crippen molar-refractivity contribution in [3.8, 4) is 34.4 Å². The summed E-state index contributed by atoms with van der Waals surface area (Å²) < 4.78 is 98.7. The van der Waals surface area contributed by atoms with Crippen molar-refractivity contribution in [2.24, 2.45) is 0 Å². The summed E-state index contributed by atoms with van der Waals surface area (Å²) in [4.78, 5) is 9.98. The lowest BCUT2D eigenvalue weighted by Crippen LogP contribution is -2.46. The number of ether oxygens (including phenoxy) is 2. The highest BCUT2D eigenvalue weighted by atomic mass is 79.9. The molecule has 71 heavy (non-hydrogen) atoms. The lowest BCUT2D eigenvalue weighted by atomic mass is 10.1. The minimum atomic E-state index is -2.87. The number of aromatic nitrogens is 4. The maximum atomic E-state index is 14.5. The summed E-state index contributed by atoms with van der Waals surface area (Å²) >= 11 is 3.12. The summed E-state index contributed by atoms with van der Waals surface area (Å²) in [5.41, 5.74) is 8.64. The predicted octanol–water partition coefficient (Wildman–Crippen LogP) is 10.2. The highest BCUT2D eigenvalue weighted by molar-refractivity contribution is 9.08. The van der Waals surface area contributed by atoms with Gasteiger partial charge in [0.2, 0.25) is 11.8 Å². The molecular formula is C50H61BrF6N10O4. The van der Waals surface area contributed by atoms with Crippen molar-refractivity contribution in [3.05, 3.63) is 119 Å². The van der Waals surface area contributed by atoms with Crippen LogP contribution in [0.2, 0.25) is 0 Å². The molecule has 6 aromatic rings. The van der Waals surface area contributed by atoms with Gasteiger partial charge in [0, 0.05) is 105 Å². The van der Waals surface area contributed by atoms with E-state index in [1.54, 1.807) is 12.1 Å². The van der Waals surface area contributed by atoms with Crippen molar-refractivity contribution >= 4 is 27.3 Å². The van der Waals surface area contributed by atoms with E-state index in [2.05, 4.69) is 75.1 Å². The lowest BCUT2D eigenvalue weighted by Gasteiger charge is -2.33. The van der Waals surface area contributed by atoms with Gasteiger partial charge in [-0.15, -0.1) is 20.4 Å². The summed E-state index contributed by atoms with van der Waals surface area (Å²) in [6.07, 6.45) is -3.64. The number of halogens is 7. The molecule has 2 aliphatic rings. The second-order valence-electron chi connectivity index (χ2n) is 16.6. The summed E-state index contributed by atoms with van der Waals surface area (Å²) in [5.74, 6) is -1.09. The van der Waals surface area contributed by atoms with Crippen LogP contribution in [0, 0.1) is 11.6 Å². The Kier molecular flexibility index (Phi) is 21.8. The van der Waals surface area contributed by atoms with Crippen molar-refractivity contribution in [2.75, 3.05) is 103 Å². The molecule has 4 heterocycles. The van der Waals surface area contributed by atoms with E-state index in [0.717, 1.165) is 88.1 Å². The largest absolute Gasteiger partial charge is 0.494 e. The fourth-order valence-corrected chi connectivity index (χ4v) is 7.99. The Bertz CT molecular complexity index is 2470. The Morgan fingerprint density at radius 1 is 0.592 bits per heavy atom. The first-order valence-electron chi connectivity index (χ1n) is 23.6. The number of benzene rings is 4. The zero-order valence-corrected chi connectivity index (χ0v) is 41.5. The van der Waals surface area contributed by atoms with Crippen LogP contribution in [0.1, 0.15) is 62.4 Å². The number of nitrogens with two attached hydrogens (primary N) is 1. The fourth-order valence-electron chi connectivity index (χ4n) is 7.54. The Balaban J connectivity index is 0.000000193. The number of hydrogen-bond acceptors (Lipinski definition) is 14. The van der Waals surface area contributed by atoms with Gasteiger partial charge in [-0.2, -0.15) is 17.6 Å². The third-order valence-corrected chi connectivity index (χ3v) is 12.4. The molecule has 0 unspecified atom stereocenters. The molecule has 8 rings (SSSR count). The Labute approximate surface area is 418 Å². The minimum Gasteiger partial charge on any atom is -0.494 e. The number of rotatable bonds is 20. The zero-order valence-electron chi connectivity index (χ0n) is 39.9. The Morgan fingerprint density at radius 3 is 1.41 bits per heavy atom. The number of nitrogens with one attached hydrogen (secondary N) is 1. The van der Waals surface area contributed by atoms with Crippen LogP contribution in [0.4, 0.5) is 37.7 Å². The molecule has 0 radical (unpaired) electrons. The molecule has 0 spiro atoms. The Hall–Kier alpha value is -5.74. The van der Waals surface area contributed by atoms with Crippen LogP contribution in [0.15, 0.2) is 93.8 Å². The third kappa shape index (κ3) is 17.5. The van der Waals surface area contributed by atoms with E-state index < -0.39 is 36.3 Å². The summed E-state index contributed by atoms with van der Waals surface area (Å²) in [6.45, 7) is 19.9. The smallest absolute Gasteiger partial charge is 0.314 e. The van der Waals surface area contributed by atoms with Crippen LogP contribution in [-0.2, 0) is 11.9 Å². The maximum Gasteiger partial charge on any atom is 0.314 e. The van der Waals surface area contributed by atoms with Crippen molar-refractivity contribution in [1.29, 1.82) is 0 Å². The molecule has 2 aromatic heterocycles. The molecule has 2 aliphatic heterocycles. The van der Waals surface area contributed by atoms with Crippen molar-refractivity contribution < 1.29 is 44.7 Å². The minimum absolute atomic E-state index is 0.125. The van der Waals surface area contributed by atoms with Gasteiger partial charge in [0.1, 0.15) is 23.1 Å². The second kappa shape index (κ2) is 28.3. The number of nitrogens with zero attached hydrogens (tertiary/aromatic N) is 8. The lowest BCUT2D eigenvalue weighted by molar-refractivity contribution is 0.115. The van der Waals surface area contributed by atoms with Gasteiger partial charge in [0.15, 0.2) is 0 Å². The molecule has 0 saturated carbocycles. The molecule has 0 bridgehead atoms. The van der Waals surface area contributed by atoms with Gasteiger partial charge in [0.05, 0.1) is 13.2 Å². The van der Waals surface area contributed by atoms with Gasteiger partial charge in [-0.25, -0.2) is 8.78 Å². The molecule has 3 N–H and O–H groups in total. The number of piperazine rings is 2. The average molecular weight is 1060 g/mol. The molecule has 384 valence electrons. The van der Waals surface area contributed by atoms with E-state index in [1.807, 2.05) is 48.5 Å². The first kappa shape index (κ1) is 54.6. The van der Waals surface area contributed by atoms with Crippen LogP contribution in [0.3, 0.4) is 0 Å². The summed E-state index contributed by atoms with van der Waals surface area (Å²) in [6, 6.07) is 23.7. The van der Waals surface area contributed by atoms with Gasteiger partial charge in [-0.05, 0) is 104 Å². The van der Waals surface area contributed by atoms with Crippen molar-refractivity contribution in [2.45, 2.75) is 51.4 Å². The van der Waals surface area contributed by atoms with E-state index >= 15 is 0 Å². The van der Waals surface area contributed by atoms with Gasteiger partial charge in [0.25, 0.3) is 11.8 Å². The normalized spacial score (nSPS) is 14.7. The van der Waals surface area contributed by atoms with Crippen LogP contribution >= 0.6 is 15.9 Å². The van der Waals surface area contributed by atoms with Crippen LogP contribution in [0.5, 0.6) is 11.5 Å². The molecule has 14 nitrogen and oxygen atoms in total. The highest BCUT2D eigenvalue weighted by Gasteiger charge is 2.20. The van der Waals surface area contributed by atoms with Gasteiger partial charge in [-0.3, -0.25) is 0 Å². The van der Waals surface area contributed by atoms with E-state index in [1.165, 1.54) is 57.0 Å². The molecule has 0 aliphatic carbocycles. The number of likely N-dealkylation sites (N-methyl/N-ethyl adjacent to an activating group) is 2. The van der Waals surface area contributed by atoms with E-state index in [-0.39, 0.29) is 29.5 Å². The van der Waals surface area contributed by atoms with Crippen LogP contribution in [0.25, 0.3) is 22.9 Å². The van der Waals surface area contributed by atoms with Gasteiger partial charge >= 0.3 is 12.9 Å². The maximum absolute atomic E-state index is 14.5. The molecule has 2 saturated heterocycles. The van der Waals surface area contributed by atoms with Crippen molar-refractivity contribution in [3.63, 3.8) is 0 Å². The van der Waals surface area contributed by atoms with Crippen LogP contribution < -0.4 is 20.5 Å². The third-order valence-electron chi connectivity index (χ3n) is 11.8. The molecule has 4 aromatic carbocycles. The first-order chi connectivity index (χ1) is 34.4. The van der Waals surface area contributed by atoms with E-state index in [9.17, 15) is 26.3 Å². The SMILES string of the molecule is CCN1CCN(CCCOc2ccc(N)cc2)CC1.CCN1CCN(CCCOc2ccc(NCc3ccc(-c4nnc(C(F)F)o4)cc3F)cc2)CC1.Fc1cc(-c2nnc(C(F)F)o2)ccc1CBr. The quantitative estimate of drug-likeness (QED) is 0.0323. The second-order valence-corrected chi connectivity index (χ2v) is 17.2. The highest BCUT2D eigenvalue weighted by Crippen LogP contribution is 2.27. The number of alkyl halides is 5. The number of nitrogen functional groups attached to an aromatic ring is 1. The fraction of sp³-hybridized carbons (Fsp3) is 0.440. The predicted molar refractivity (Wildman–Crippen MR) is 264 cm³/mol. The monoisotopic (exact) mass is 1060 g/mol. The molecule has 0 atom stereocenters. The number of hydrogen-bond donors (Lipinski definition) is 2. The van der Waals surface area contributed by atoms with E-state index in [4.69, 9.17) is 24.0 Å².